The highest BCUT2D eigenvalue weighted by Gasteiger charge is 2.38. The van der Waals surface area contributed by atoms with Crippen molar-refractivity contribution in [2.45, 2.75) is 13.8 Å². The van der Waals surface area contributed by atoms with Gasteiger partial charge in [-0.3, -0.25) is 14.5 Å². The van der Waals surface area contributed by atoms with Crippen LogP contribution in [0.15, 0.2) is 66.9 Å². The second-order valence-corrected chi connectivity index (χ2v) is 6.13. The molecule has 0 saturated carbocycles. The highest BCUT2D eigenvalue weighted by atomic mass is 16.2. The average Bonchev–Trinajstić information content (AvgIpc) is 2.80. The van der Waals surface area contributed by atoms with Crippen molar-refractivity contribution in [3.8, 4) is 0 Å². The summed E-state index contributed by atoms with van der Waals surface area (Å²) < 4.78 is 0. The van der Waals surface area contributed by atoms with E-state index in [0.29, 0.717) is 11.3 Å². The molecule has 3 rings (SSSR count). The van der Waals surface area contributed by atoms with Crippen LogP contribution in [0.4, 0.5) is 5.69 Å². The summed E-state index contributed by atoms with van der Waals surface area (Å²) in [5.74, 6) is -0.633. The second-order valence-electron chi connectivity index (χ2n) is 6.13. The summed E-state index contributed by atoms with van der Waals surface area (Å²) in [6, 6.07) is 15.2. The zero-order chi connectivity index (χ0) is 18.0. The van der Waals surface area contributed by atoms with Crippen LogP contribution in [0.1, 0.15) is 16.7 Å². The zero-order valence-corrected chi connectivity index (χ0v) is 14.4. The summed E-state index contributed by atoms with van der Waals surface area (Å²) in [6.07, 6.45) is 1.55. The van der Waals surface area contributed by atoms with Crippen molar-refractivity contribution in [2.24, 2.45) is 0 Å². The Labute approximate surface area is 147 Å². The summed E-state index contributed by atoms with van der Waals surface area (Å²) in [5.41, 5.74) is 4.39. The Morgan fingerprint density at radius 1 is 1.00 bits per heavy atom. The van der Waals surface area contributed by atoms with Crippen LogP contribution in [0.2, 0.25) is 0 Å². The lowest BCUT2D eigenvalue weighted by atomic mass is 10.0. The molecule has 126 valence electrons. The van der Waals surface area contributed by atoms with Crippen molar-refractivity contribution in [2.75, 3.05) is 11.9 Å². The van der Waals surface area contributed by atoms with Gasteiger partial charge in [0.25, 0.3) is 11.8 Å². The molecule has 0 unspecified atom stereocenters. The third kappa shape index (κ3) is 3.24. The SMILES string of the molecule is C=CCN1C(=O)C(Nc2cc(C)cc(C)c2)=C(c2ccccc2)C1=O. The van der Waals surface area contributed by atoms with Crippen molar-refractivity contribution < 1.29 is 9.59 Å². The van der Waals surface area contributed by atoms with Gasteiger partial charge in [0, 0.05) is 12.2 Å². The Bertz CT molecular complexity index is 862. The molecule has 0 atom stereocenters. The summed E-state index contributed by atoms with van der Waals surface area (Å²) in [7, 11) is 0. The lowest BCUT2D eigenvalue weighted by molar-refractivity contribution is -0.136. The van der Waals surface area contributed by atoms with Gasteiger partial charge in [-0.1, -0.05) is 42.5 Å². The van der Waals surface area contributed by atoms with Gasteiger partial charge in [-0.25, -0.2) is 0 Å². The van der Waals surface area contributed by atoms with Crippen LogP contribution >= 0.6 is 0 Å². The van der Waals surface area contributed by atoms with Gasteiger partial charge >= 0.3 is 0 Å². The molecule has 0 bridgehead atoms. The van der Waals surface area contributed by atoms with Crippen LogP contribution in [-0.4, -0.2) is 23.3 Å². The van der Waals surface area contributed by atoms with Crippen LogP contribution in [0.5, 0.6) is 0 Å². The van der Waals surface area contributed by atoms with E-state index in [4.69, 9.17) is 0 Å². The van der Waals surface area contributed by atoms with Gasteiger partial charge in [-0.2, -0.15) is 0 Å². The van der Waals surface area contributed by atoms with Gasteiger partial charge in [0.05, 0.1) is 5.57 Å². The first-order valence-electron chi connectivity index (χ1n) is 8.13. The number of nitrogens with one attached hydrogen (secondary N) is 1. The topological polar surface area (TPSA) is 49.4 Å². The van der Waals surface area contributed by atoms with Crippen LogP contribution in [0.3, 0.4) is 0 Å². The summed E-state index contributed by atoms with van der Waals surface area (Å²) >= 11 is 0. The monoisotopic (exact) mass is 332 g/mol. The minimum atomic E-state index is -0.331. The van der Waals surface area contributed by atoms with Crippen molar-refractivity contribution in [1.29, 1.82) is 0 Å². The number of hydrogen-bond donors (Lipinski definition) is 1. The third-order valence-corrected chi connectivity index (χ3v) is 4.03. The highest BCUT2D eigenvalue weighted by Crippen LogP contribution is 2.30. The maximum atomic E-state index is 12.8. The predicted molar refractivity (Wildman–Crippen MR) is 99.8 cm³/mol. The first kappa shape index (κ1) is 16.7. The minimum Gasteiger partial charge on any atom is -0.350 e. The number of nitrogens with zero attached hydrogens (tertiary/aromatic N) is 1. The van der Waals surface area contributed by atoms with E-state index in [0.717, 1.165) is 22.4 Å². The van der Waals surface area contributed by atoms with E-state index in [1.165, 1.54) is 4.90 Å². The fourth-order valence-corrected chi connectivity index (χ4v) is 3.05. The Hall–Kier alpha value is -3.14. The molecule has 0 aliphatic carbocycles. The molecule has 1 N–H and O–H groups in total. The van der Waals surface area contributed by atoms with Gasteiger partial charge in [0.15, 0.2) is 0 Å². The van der Waals surface area contributed by atoms with E-state index < -0.39 is 0 Å². The molecule has 2 aromatic carbocycles. The summed E-state index contributed by atoms with van der Waals surface area (Å²) in [6.45, 7) is 7.82. The Morgan fingerprint density at radius 3 is 2.24 bits per heavy atom. The first-order chi connectivity index (χ1) is 12.0. The number of benzene rings is 2. The van der Waals surface area contributed by atoms with E-state index in [-0.39, 0.29) is 18.4 Å². The smallest absolute Gasteiger partial charge is 0.278 e. The average molecular weight is 332 g/mol. The van der Waals surface area contributed by atoms with E-state index in [1.807, 2.05) is 56.3 Å². The summed E-state index contributed by atoms with van der Waals surface area (Å²) in [4.78, 5) is 26.8. The van der Waals surface area contributed by atoms with Crippen molar-refractivity contribution in [3.05, 3.63) is 83.6 Å². The van der Waals surface area contributed by atoms with Crippen molar-refractivity contribution in [3.63, 3.8) is 0 Å². The highest BCUT2D eigenvalue weighted by molar-refractivity contribution is 6.36. The number of carbonyl (C=O) groups excluding carboxylic acids is 2. The number of hydrogen-bond acceptors (Lipinski definition) is 3. The van der Waals surface area contributed by atoms with E-state index in [1.54, 1.807) is 6.08 Å². The van der Waals surface area contributed by atoms with E-state index in [2.05, 4.69) is 18.0 Å². The van der Waals surface area contributed by atoms with Crippen LogP contribution in [0.25, 0.3) is 5.57 Å². The standard InChI is InChI=1S/C21H20N2O2/c1-4-10-23-20(24)18(16-8-6-5-7-9-16)19(21(23)25)22-17-12-14(2)11-15(3)13-17/h4-9,11-13,22H,1,10H2,2-3H3. The molecule has 2 aromatic rings. The number of anilines is 1. The molecule has 0 fully saturated rings. The van der Waals surface area contributed by atoms with Crippen molar-refractivity contribution in [1.82, 2.24) is 4.90 Å². The second kappa shape index (κ2) is 6.77. The lowest BCUT2D eigenvalue weighted by Gasteiger charge is -2.13. The molecule has 1 heterocycles. The molecule has 2 amide bonds. The molecule has 0 saturated heterocycles. The van der Waals surface area contributed by atoms with E-state index >= 15 is 0 Å². The summed E-state index contributed by atoms with van der Waals surface area (Å²) in [5, 5.41) is 3.17. The molecular weight excluding hydrogens is 312 g/mol. The first-order valence-corrected chi connectivity index (χ1v) is 8.13. The van der Waals surface area contributed by atoms with Crippen LogP contribution in [0, 0.1) is 13.8 Å². The molecule has 0 spiro atoms. The normalized spacial score (nSPS) is 14.2. The quantitative estimate of drug-likeness (QED) is 0.671. The Balaban J connectivity index is 2.09. The molecule has 1 aliphatic heterocycles. The molecule has 25 heavy (non-hydrogen) atoms. The number of amides is 2. The lowest BCUT2D eigenvalue weighted by Crippen LogP contribution is -2.32. The largest absolute Gasteiger partial charge is 0.350 e. The Kier molecular flexibility index (Phi) is 4.52. The van der Waals surface area contributed by atoms with Gasteiger partial charge in [-0.05, 0) is 42.7 Å². The molecule has 0 aromatic heterocycles. The third-order valence-electron chi connectivity index (χ3n) is 4.03. The number of carbonyl (C=O) groups is 2. The number of imide groups is 1. The minimum absolute atomic E-state index is 0.187. The van der Waals surface area contributed by atoms with Crippen LogP contribution in [-0.2, 0) is 9.59 Å². The fourth-order valence-electron chi connectivity index (χ4n) is 3.05. The van der Waals surface area contributed by atoms with Gasteiger partial charge in [-0.15, -0.1) is 6.58 Å². The van der Waals surface area contributed by atoms with Gasteiger partial charge < -0.3 is 5.32 Å². The molecule has 4 heteroatoms. The maximum Gasteiger partial charge on any atom is 0.278 e. The number of aryl methyl sites for hydroxylation is 2. The fraction of sp³-hybridized carbons (Fsp3) is 0.143. The van der Waals surface area contributed by atoms with Gasteiger partial charge in [0.1, 0.15) is 5.70 Å². The molecular formula is C21H20N2O2. The molecule has 4 nitrogen and oxygen atoms in total. The number of rotatable bonds is 5. The zero-order valence-electron chi connectivity index (χ0n) is 14.4. The Morgan fingerprint density at radius 2 is 1.64 bits per heavy atom. The van der Waals surface area contributed by atoms with Crippen LogP contribution < -0.4 is 5.32 Å². The predicted octanol–water partition coefficient (Wildman–Crippen LogP) is 3.68. The molecule has 1 aliphatic rings. The van der Waals surface area contributed by atoms with Gasteiger partial charge in [0.2, 0.25) is 0 Å². The van der Waals surface area contributed by atoms with Crippen molar-refractivity contribution >= 4 is 23.1 Å². The molecule has 0 radical (unpaired) electrons. The maximum absolute atomic E-state index is 12.8. The van der Waals surface area contributed by atoms with E-state index in [9.17, 15) is 9.59 Å².